The first-order valence-corrected chi connectivity index (χ1v) is 10.5. The Bertz CT molecular complexity index is 650. The lowest BCUT2D eigenvalue weighted by Gasteiger charge is -2.29. The summed E-state index contributed by atoms with van der Waals surface area (Å²) in [6.45, 7) is 2.06. The Labute approximate surface area is 168 Å². The largest absolute Gasteiger partial charge is 1.00 e. The average molecular weight is 462 g/mol. The second kappa shape index (κ2) is 9.47. The van der Waals surface area contributed by atoms with E-state index in [0.29, 0.717) is 0 Å². The summed E-state index contributed by atoms with van der Waals surface area (Å²) in [5.74, 6) is 0. The number of rotatable bonds is 6. The number of halogens is 1. The first-order valence-electron chi connectivity index (χ1n) is 8.50. The minimum absolute atomic E-state index is 0. The van der Waals surface area contributed by atoms with Gasteiger partial charge in [0.15, 0.2) is 0 Å². The Kier molecular flexibility index (Phi) is 7.61. The fourth-order valence-corrected chi connectivity index (χ4v) is 7.72. The summed E-state index contributed by atoms with van der Waals surface area (Å²) in [7, 11) is -1.88. The number of hydrogen-bond acceptors (Lipinski definition) is 1. The van der Waals surface area contributed by atoms with Crippen LogP contribution in [0.4, 0.5) is 0 Å². The highest BCUT2D eigenvalue weighted by atomic mass is 127. The summed E-state index contributed by atoms with van der Waals surface area (Å²) in [6, 6.07) is 32.1. The van der Waals surface area contributed by atoms with E-state index in [2.05, 4.69) is 97.9 Å². The Balaban J connectivity index is 0.00000225. The van der Waals surface area contributed by atoms with Crippen molar-refractivity contribution in [2.45, 2.75) is 19.4 Å². The molecule has 0 saturated carbocycles. The molecule has 0 saturated heterocycles. The summed E-state index contributed by atoms with van der Waals surface area (Å²) >= 11 is 0. The van der Waals surface area contributed by atoms with Crippen LogP contribution in [0.1, 0.15) is 13.3 Å². The van der Waals surface area contributed by atoms with Crippen LogP contribution in [0.2, 0.25) is 0 Å². The maximum Gasteiger partial charge on any atom is 0.114 e. The highest BCUT2D eigenvalue weighted by Gasteiger charge is 2.46. The molecule has 130 valence electrons. The normalized spacial score (nSPS) is 12.2. The van der Waals surface area contributed by atoms with Gasteiger partial charge in [0, 0.05) is 0 Å². The number of hydrogen-bond donors (Lipinski definition) is 1. The van der Waals surface area contributed by atoms with E-state index in [1.165, 1.54) is 15.9 Å². The van der Waals surface area contributed by atoms with Gasteiger partial charge in [0.05, 0.1) is 12.3 Å². The van der Waals surface area contributed by atoms with E-state index in [4.69, 9.17) is 0 Å². The van der Waals surface area contributed by atoms with Gasteiger partial charge in [-0.3, -0.25) is 0 Å². The van der Waals surface area contributed by atoms with Crippen LogP contribution in [0.5, 0.6) is 0 Å². The molecule has 0 unspecified atom stereocenters. The van der Waals surface area contributed by atoms with Crippen molar-refractivity contribution in [3.63, 3.8) is 0 Å². The van der Waals surface area contributed by atoms with Gasteiger partial charge in [-0.25, -0.2) is 0 Å². The molecule has 0 aliphatic carbocycles. The van der Waals surface area contributed by atoms with Crippen LogP contribution >= 0.6 is 7.26 Å². The first-order chi connectivity index (χ1) is 11.8. The van der Waals surface area contributed by atoms with E-state index in [-0.39, 0.29) is 30.1 Å². The molecule has 0 aliphatic rings. The van der Waals surface area contributed by atoms with Gasteiger partial charge in [-0.15, -0.1) is 0 Å². The maximum absolute atomic E-state index is 10.6. The van der Waals surface area contributed by atoms with E-state index in [1.807, 2.05) is 0 Å². The minimum atomic E-state index is -1.88. The molecular formula is C22H24IOP. The van der Waals surface area contributed by atoms with E-state index in [0.717, 1.165) is 12.6 Å². The van der Waals surface area contributed by atoms with Crippen LogP contribution in [-0.4, -0.2) is 17.4 Å². The number of benzene rings is 3. The van der Waals surface area contributed by atoms with Crippen molar-refractivity contribution in [1.82, 2.24) is 0 Å². The molecule has 0 heterocycles. The molecular weight excluding hydrogens is 438 g/mol. The predicted octanol–water partition coefficient (Wildman–Crippen LogP) is 0.755. The minimum Gasteiger partial charge on any atom is -1.00 e. The van der Waals surface area contributed by atoms with Gasteiger partial charge < -0.3 is 29.1 Å². The van der Waals surface area contributed by atoms with Crippen molar-refractivity contribution in [1.29, 1.82) is 0 Å². The monoisotopic (exact) mass is 462 g/mol. The van der Waals surface area contributed by atoms with Crippen molar-refractivity contribution in [3.8, 4) is 0 Å². The highest BCUT2D eigenvalue weighted by Crippen LogP contribution is 2.55. The van der Waals surface area contributed by atoms with E-state index in [1.54, 1.807) is 0 Å². The van der Waals surface area contributed by atoms with E-state index >= 15 is 0 Å². The molecule has 0 aromatic heterocycles. The van der Waals surface area contributed by atoms with E-state index in [9.17, 15) is 5.11 Å². The molecule has 1 nitrogen and oxygen atoms in total. The van der Waals surface area contributed by atoms with Crippen LogP contribution < -0.4 is 39.9 Å². The van der Waals surface area contributed by atoms with Crippen LogP contribution in [0.25, 0.3) is 0 Å². The Morgan fingerprint density at radius 3 is 1.28 bits per heavy atom. The van der Waals surface area contributed by atoms with Gasteiger partial charge in [-0.1, -0.05) is 61.5 Å². The van der Waals surface area contributed by atoms with Gasteiger partial charge in [0.25, 0.3) is 0 Å². The molecule has 0 aliphatic heterocycles. The standard InChI is InChI=1S/C22H24OP.HI/c1-2-19(23)18-24(20-12-6-3-7-13-20,21-14-8-4-9-15-21)22-16-10-5-11-17-22;/h3-17,19,23H,2,18H2,1H3;1H/q+1;/p-1/t19-;/m0./s1. The van der Waals surface area contributed by atoms with Gasteiger partial charge in [0.2, 0.25) is 0 Å². The molecule has 3 aromatic carbocycles. The number of aliphatic hydroxyl groups is 1. The smallest absolute Gasteiger partial charge is 0.114 e. The summed E-state index contributed by atoms with van der Waals surface area (Å²) in [4.78, 5) is 0. The van der Waals surface area contributed by atoms with Crippen molar-refractivity contribution < 1.29 is 29.1 Å². The van der Waals surface area contributed by atoms with Gasteiger partial charge in [0.1, 0.15) is 23.2 Å². The van der Waals surface area contributed by atoms with E-state index < -0.39 is 7.26 Å². The topological polar surface area (TPSA) is 20.2 Å². The third-order valence-electron chi connectivity index (χ3n) is 4.55. The third kappa shape index (κ3) is 4.31. The van der Waals surface area contributed by atoms with Crippen LogP contribution in [0, 0.1) is 0 Å². The predicted molar refractivity (Wildman–Crippen MR) is 106 cm³/mol. The molecule has 3 rings (SSSR count). The Morgan fingerprint density at radius 1 is 0.680 bits per heavy atom. The van der Waals surface area contributed by atoms with Crippen LogP contribution in [-0.2, 0) is 0 Å². The first kappa shape index (κ1) is 20.1. The molecule has 1 N–H and O–H groups in total. The molecule has 25 heavy (non-hydrogen) atoms. The fourth-order valence-electron chi connectivity index (χ4n) is 3.26. The van der Waals surface area contributed by atoms with Gasteiger partial charge in [-0.05, 0) is 42.8 Å². The molecule has 3 aromatic rings. The molecule has 3 heteroatoms. The molecule has 0 spiro atoms. The molecule has 0 bridgehead atoms. The van der Waals surface area contributed by atoms with Crippen molar-refractivity contribution in [2.75, 3.05) is 6.16 Å². The second-order valence-electron chi connectivity index (χ2n) is 6.06. The Morgan fingerprint density at radius 2 is 1.00 bits per heavy atom. The lowest BCUT2D eigenvalue weighted by molar-refractivity contribution is -0.00000676. The number of aliphatic hydroxyl groups excluding tert-OH is 1. The second-order valence-corrected chi connectivity index (χ2v) is 9.59. The molecule has 1 atom stereocenters. The summed E-state index contributed by atoms with van der Waals surface area (Å²) in [5.41, 5.74) is 0. The fraction of sp³-hybridized carbons (Fsp3) is 0.182. The van der Waals surface area contributed by atoms with Crippen molar-refractivity contribution >= 4 is 23.2 Å². The quantitative estimate of drug-likeness (QED) is 0.424. The average Bonchev–Trinajstić information content (AvgIpc) is 2.68. The van der Waals surface area contributed by atoms with Crippen LogP contribution in [0.3, 0.4) is 0 Å². The van der Waals surface area contributed by atoms with Crippen molar-refractivity contribution in [2.24, 2.45) is 0 Å². The Hall–Kier alpha value is -1.22. The molecule has 0 fully saturated rings. The zero-order valence-electron chi connectivity index (χ0n) is 14.4. The van der Waals surface area contributed by atoms with Crippen LogP contribution in [0.15, 0.2) is 91.0 Å². The zero-order valence-corrected chi connectivity index (χ0v) is 17.5. The van der Waals surface area contributed by atoms with Gasteiger partial charge in [-0.2, -0.15) is 0 Å². The third-order valence-corrected chi connectivity index (χ3v) is 9.06. The lowest BCUT2D eigenvalue weighted by Crippen LogP contribution is -3.00. The maximum atomic E-state index is 10.6. The van der Waals surface area contributed by atoms with Crippen molar-refractivity contribution in [3.05, 3.63) is 91.0 Å². The SMILES string of the molecule is CC[C@H](O)C[P+](c1ccccc1)(c1ccccc1)c1ccccc1.[I-]. The lowest BCUT2D eigenvalue weighted by atomic mass is 10.3. The molecule has 0 amide bonds. The summed E-state index contributed by atoms with van der Waals surface area (Å²) in [6.07, 6.45) is 1.24. The molecule has 0 radical (unpaired) electrons. The summed E-state index contributed by atoms with van der Waals surface area (Å²) < 4.78 is 0. The highest BCUT2D eigenvalue weighted by molar-refractivity contribution is 7.95. The summed E-state index contributed by atoms with van der Waals surface area (Å²) in [5, 5.41) is 14.6. The zero-order chi connectivity index (χ0) is 16.8. The van der Waals surface area contributed by atoms with Gasteiger partial charge >= 0.3 is 0 Å².